The van der Waals surface area contributed by atoms with E-state index in [0.717, 1.165) is 25.2 Å². The minimum atomic E-state index is 0.214. The molecule has 1 aliphatic rings. The lowest BCUT2D eigenvalue weighted by molar-refractivity contribution is 0.504. The standard InChI is InChI=1S/C12H19N3/c1-4-7-13-10-8-9-5-6-12(2,3)11(9)15-14-10/h8H,4-7H2,1-3H3,(H,13,14). The van der Waals surface area contributed by atoms with Crippen LogP contribution < -0.4 is 5.32 Å². The molecule has 1 N–H and O–H groups in total. The van der Waals surface area contributed by atoms with Crippen LogP contribution in [0, 0.1) is 0 Å². The Morgan fingerprint density at radius 3 is 2.93 bits per heavy atom. The van der Waals surface area contributed by atoms with Gasteiger partial charge in [0.05, 0.1) is 5.69 Å². The number of hydrogen-bond acceptors (Lipinski definition) is 3. The van der Waals surface area contributed by atoms with Crippen LogP contribution in [0.3, 0.4) is 0 Å². The molecule has 3 heteroatoms. The van der Waals surface area contributed by atoms with Gasteiger partial charge in [0.2, 0.25) is 0 Å². The lowest BCUT2D eigenvalue weighted by atomic mass is 9.91. The van der Waals surface area contributed by atoms with Gasteiger partial charge in [-0.1, -0.05) is 20.8 Å². The van der Waals surface area contributed by atoms with Crippen LogP contribution in [0.4, 0.5) is 5.82 Å². The van der Waals surface area contributed by atoms with E-state index in [1.165, 1.54) is 17.7 Å². The molecular formula is C12H19N3. The molecule has 0 spiro atoms. The van der Waals surface area contributed by atoms with Crippen molar-refractivity contribution in [3.63, 3.8) is 0 Å². The van der Waals surface area contributed by atoms with E-state index in [4.69, 9.17) is 0 Å². The maximum atomic E-state index is 4.35. The van der Waals surface area contributed by atoms with Crippen LogP contribution >= 0.6 is 0 Å². The molecule has 2 rings (SSSR count). The summed E-state index contributed by atoms with van der Waals surface area (Å²) >= 11 is 0. The third-order valence-electron chi connectivity index (χ3n) is 3.09. The summed E-state index contributed by atoms with van der Waals surface area (Å²) in [4.78, 5) is 0. The second-order valence-electron chi connectivity index (χ2n) is 4.91. The first-order valence-corrected chi connectivity index (χ1v) is 5.74. The highest BCUT2D eigenvalue weighted by molar-refractivity contribution is 5.42. The smallest absolute Gasteiger partial charge is 0.148 e. The number of hydrogen-bond donors (Lipinski definition) is 1. The number of aromatic nitrogens is 2. The molecule has 0 saturated heterocycles. The van der Waals surface area contributed by atoms with E-state index in [1.807, 2.05) is 0 Å². The minimum absolute atomic E-state index is 0.214. The van der Waals surface area contributed by atoms with E-state index in [-0.39, 0.29) is 5.41 Å². The van der Waals surface area contributed by atoms with Crippen molar-refractivity contribution >= 4 is 5.82 Å². The van der Waals surface area contributed by atoms with Crippen LogP contribution in [-0.4, -0.2) is 16.7 Å². The van der Waals surface area contributed by atoms with Gasteiger partial charge in [0.1, 0.15) is 5.82 Å². The summed E-state index contributed by atoms with van der Waals surface area (Å²) < 4.78 is 0. The number of aryl methyl sites for hydroxylation is 1. The Bertz CT molecular complexity index is 358. The maximum absolute atomic E-state index is 4.35. The molecule has 0 amide bonds. The predicted octanol–water partition coefficient (Wildman–Crippen LogP) is 2.52. The van der Waals surface area contributed by atoms with Crippen molar-refractivity contribution in [2.24, 2.45) is 0 Å². The normalized spacial score (nSPS) is 17.5. The zero-order valence-corrected chi connectivity index (χ0v) is 9.80. The number of nitrogens with zero attached hydrogens (tertiary/aromatic N) is 2. The van der Waals surface area contributed by atoms with Crippen molar-refractivity contribution in [1.29, 1.82) is 0 Å². The first kappa shape index (κ1) is 10.4. The van der Waals surface area contributed by atoms with Crippen LogP contribution in [0.15, 0.2) is 6.07 Å². The monoisotopic (exact) mass is 205 g/mol. The van der Waals surface area contributed by atoms with Gasteiger partial charge in [-0.15, -0.1) is 5.10 Å². The molecular weight excluding hydrogens is 186 g/mol. The third kappa shape index (κ3) is 1.96. The van der Waals surface area contributed by atoms with E-state index in [0.29, 0.717) is 0 Å². The Kier molecular flexibility index (Phi) is 2.63. The largest absolute Gasteiger partial charge is 0.369 e. The average molecular weight is 205 g/mol. The Labute approximate surface area is 91.3 Å². The van der Waals surface area contributed by atoms with Crippen molar-refractivity contribution in [1.82, 2.24) is 10.2 Å². The van der Waals surface area contributed by atoms with Gasteiger partial charge >= 0.3 is 0 Å². The molecule has 0 aliphatic heterocycles. The predicted molar refractivity (Wildman–Crippen MR) is 62.2 cm³/mol. The van der Waals surface area contributed by atoms with Crippen LogP contribution in [-0.2, 0) is 11.8 Å². The summed E-state index contributed by atoms with van der Waals surface area (Å²) in [6.07, 6.45) is 3.44. The van der Waals surface area contributed by atoms with Gasteiger partial charge in [0.15, 0.2) is 0 Å². The van der Waals surface area contributed by atoms with E-state index < -0.39 is 0 Å². The van der Waals surface area contributed by atoms with Crippen LogP contribution in [0.25, 0.3) is 0 Å². The summed E-state index contributed by atoms with van der Waals surface area (Å²) in [6, 6.07) is 2.16. The van der Waals surface area contributed by atoms with Crippen molar-refractivity contribution in [2.45, 2.75) is 45.4 Å². The lowest BCUT2D eigenvalue weighted by Crippen LogP contribution is -2.15. The molecule has 82 valence electrons. The van der Waals surface area contributed by atoms with E-state index in [1.54, 1.807) is 0 Å². The number of nitrogens with one attached hydrogen (secondary N) is 1. The Hall–Kier alpha value is -1.12. The van der Waals surface area contributed by atoms with Crippen molar-refractivity contribution in [3.05, 3.63) is 17.3 Å². The lowest BCUT2D eigenvalue weighted by Gasteiger charge is -2.16. The molecule has 0 aromatic carbocycles. The van der Waals surface area contributed by atoms with Crippen molar-refractivity contribution < 1.29 is 0 Å². The van der Waals surface area contributed by atoms with Gasteiger partial charge in [0, 0.05) is 12.0 Å². The molecule has 0 radical (unpaired) electrons. The van der Waals surface area contributed by atoms with Gasteiger partial charge in [0.25, 0.3) is 0 Å². The SMILES string of the molecule is CCCNc1cc2c(nn1)C(C)(C)CC2. The molecule has 0 fully saturated rings. The summed E-state index contributed by atoms with van der Waals surface area (Å²) in [7, 11) is 0. The highest BCUT2D eigenvalue weighted by atomic mass is 15.2. The fourth-order valence-electron chi connectivity index (χ4n) is 2.10. The van der Waals surface area contributed by atoms with Crippen LogP contribution in [0.5, 0.6) is 0 Å². The topological polar surface area (TPSA) is 37.8 Å². The molecule has 1 heterocycles. The van der Waals surface area contributed by atoms with Gasteiger partial charge in [-0.2, -0.15) is 5.10 Å². The van der Waals surface area contributed by atoms with E-state index >= 15 is 0 Å². The summed E-state index contributed by atoms with van der Waals surface area (Å²) in [5.41, 5.74) is 2.77. The van der Waals surface area contributed by atoms with Gasteiger partial charge in [-0.3, -0.25) is 0 Å². The average Bonchev–Trinajstić information content (AvgIpc) is 2.52. The molecule has 0 atom stereocenters. The highest BCUT2D eigenvalue weighted by Crippen LogP contribution is 2.36. The van der Waals surface area contributed by atoms with E-state index in [9.17, 15) is 0 Å². The van der Waals surface area contributed by atoms with Crippen LogP contribution in [0.2, 0.25) is 0 Å². The highest BCUT2D eigenvalue weighted by Gasteiger charge is 2.31. The maximum Gasteiger partial charge on any atom is 0.148 e. The Balaban J connectivity index is 2.22. The van der Waals surface area contributed by atoms with Gasteiger partial charge in [-0.05, 0) is 30.9 Å². The van der Waals surface area contributed by atoms with Crippen LogP contribution in [0.1, 0.15) is 44.9 Å². The fraction of sp³-hybridized carbons (Fsp3) is 0.667. The molecule has 0 unspecified atom stereocenters. The Morgan fingerprint density at radius 1 is 1.40 bits per heavy atom. The molecule has 3 nitrogen and oxygen atoms in total. The Morgan fingerprint density at radius 2 is 2.20 bits per heavy atom. The summed E-state index contributed by atoms with van der Waals surface area (Å²) in [6.45, 7) is 7.60. The molecule has 1 aliphatic carbocycles. The third-order valence-corrected chi connectivity index (χ3v) is 3.09. The zero-order valence-electron chi connectivity index (χ0n) is 9.80. The number of anilines is 1. The fourth-order valence-corrected chi connectivity index (χ4v) is 2.10. The molecule has 0 bridgehead atoms. The second kappa shape index (κ2) is 3.80. The molecule has 1 aromatic rings. The summed E-state index contributed by atoms with van der Waals surface area (Å²) in [5, 5.41) is 11.9. The molecule has 1 aromatic heterocycles. The number of fused-ring (bicyclic) bond motifs is 1. The quantitative estimate of drug-likeness (QED) is 0.824. The first-order valence-electron chi connectivity index (χ1n) is 5.74. The summed E-state index contributed by atoms with van der Waals surface area (Å²) in [5.74, 6) is 0.924. The first-order chi connectivity index (χ1) is 7.13. The molecule has 0 saturated carbocycles. The zero-order chi connectivity index (χ0) is 10.9. The van der Waals surface area contributed by atoms with Crippen molar-refractivity contribution in [2.75, 3.05) is 11.9 Å². The van der Waals surface area contributed by atoms with E-state index in [2.05, 4.69) is 42.4 Å². The van der Waals surface area contributed by atoms with Gasteiger partial charge in [-0.25, -0.2) is 0 Å². The number of rotatable bonds is 3. The van der Waals surface area contributed by atoms with Crippen molar-refractivity contribution in [3.8, 4) is 0 Å². The molecule has 15 heavy (non-hydrogen) atoms. The minimum Gasteiger partial charge on any atom is -0.369 e. The van der Waals surface area contributed by atoms with Gasteiger partial charge < -0.3 is 5.32 Å². The second-order valence-corrected chi connectivity index (χ2v) is 4.91.